The zero-order valence-electron chi connectivity index (χ0n) is 9.78. The van der Waals surface area contributed by atoms with Gasteiger partial charge in [-0.05, 0) is 17.7 Å². The number of hydrogen-bond acceptors (Lipinski definition) is 3. The summed E-state index contributed by atoms with van der Waals surface area (Å²) in [7, 11) is 0. The number of nitrogens with one attached hydrogen (secondary N) is 1. The first-order valence-corrected chi connectivity index (χ1v) is 5.68. The summed E-state index contributed by atoms with van der Waals surface area (Å²) in [6.07, 6.45) is 0.318. The molecule has 0 fully saturated rings. The number of amides is 1. The highest BCUT2D eigenvalue weighted by Crippen LogP contribution is 2.09. The Labute approximate surface area is 105 Å². The van der Waals surface area contributed by atoms with Crippen LogP contribution in [0.1, 0.15) is 17.4 Å². The quantitative estimate of drug-likeness (QED) is 0.852. The van der Waals surface area contributed by atoms with Gasteiger partial charge in [0.25, 0.3) is 5.91 Å². The van der Waals surface area contributed by atoms with Gasteiger partial charge in [-0.15, -0.1) is 0 Å². The fraction of sp³-hybridized carbons (Fsp3) is 0.143. The Kier molecular flexibility index (Phi) is 4.04. The van der Waals surface area contributed by atoms with Gasteiger partial charge in [0.2, 0.25) is 0 Å². The molecule has 2 rings (SSSR count). The lowest BCUT2D eigenvalue weighted by atomic mass is 10.2. The van der Waals surface area contributed by atoms with Crippen LogP contribution < -0.4 is 5.32 Å². The smallest absolute Gasteiger partial charge is 0.255 e. The summed E-state index contributed by atoms with van der Waals surface area (Å²) in [5, 5.41) is 12.5. The van der Waals surface area contributed by atoms with Crippen LogP contribution in [0.5, 0.6) is 0 Å². The molecule has 18 heavy (non-hydrogen) atoms. The van der Waals surface area contributed by atoms with Gasteiger partial charge < -0.3 is 10.4 Å². The number of aromatic nitrogens is 1. The number of hydrogen-bond donors (Lipinski definition) is 2. The first-order valence-electron chi connectivity index (χ1n) is 5.68. The number of rotatable bonds is 4. The topological polar surface area (TPSA) is 62.2 Å². The molecule has 4 heteroatoms. The largest absolute Gasteiger partial charge is 0.377 e. The van der Waals surface area contributed by atoms with Gasteiger partial charge in [-0.2, -0.15) is 0 Å². The lowest BCUT2D eigenvalue weighted by Gasteiger charge is -2.10. The molecule has 1 heterocycles. The van der Waals surface area contributed by atoms with E-state index in [2.05, 4.69) is 10.3 Å². The van der Waals surface area contributed by atoms with E-state index >= 15 is 0 Å². The Hall–Kier alpha value is -2.20. The number of aliphatic hydroxyl groups is 1. The van der Waals surface area contributed by atoms with Crippen molar-refractivity contribution < 1.29 is 9.90 Å². The minimum atomic E-state index is -1.23. The molecule has 0 spiro atoms. The molecule has 1 aromatic carbocycles. The summed E-state index contributed by atoms with van der Waals surface area (Å²) in [5.41, 5.74) is 1.34. The predicted octanol–water partition coefficient (Wildman–Crippen LogP) is 1.43. The van der Waals surface area contributed by atoms with Gasteiger partial charge in [0.05, 0.1) is 5.69 Å². The molecular formula is C14H14N2O2. The lowest BCUT2D eigenvalue weighted by molar-refractivity contribution is -0.130. The third-order valence-corrected chi connectivity index (χ3v) is 2.53. The number of aliphatic hydroxyl groups excluding tert-OH is 1. The van der Waals surface area contributed by atoms with Crippen molar-refractivity contribution in [2.75, 3.05) is 0 Å². The summed E-state index contributed by atoms with van der Waals surface area (Å²) >= 11 is 0. The van der Waals surface area contributed by atoms with Crippen LogP contribution in [0.2, 0.25) is 0 Å². The van der Waals surface area contributed by atoms with Gasteiger partial charge in [-0.25, -0.2) is 0 Å². The van der Waals surface area contributed by atoms with E-state index in [1.807, 2.05) is 30.3 Å². The molecular weight excluding hydrogens is 228 g/mol. The molecule has 0 saturated heterocycles. The Morgan fingerprint density at radius 1 is 1.17 bits per heavy atom. The first kappa shape index (κ1) is 12.3. The number of carbonyl (C=O) groups excluding carboxylic acids is 1. The Balaban J connectivity index is 1.93. The van der Waals surface area contributed by atoms with E-state index in [9.17, 15) is 9.90 Å². The maximum absolute atomic E-state index is 11.7. The summed E-state index contributed by atoms with van der Waals surface area (Å²) < 4.78 is 0. The van der Waals surface area contributed by atoms with Crippen LogP contribution in [0.4, 0.5) is 0 Å². The van der Waals surface area contributed by atoms with E-state index in [-0.39, 0.29) is 0 Å². The third kappa shape index (κ3) is 3.15. The van der Waals surface area contributed by atoms with Crippen molar-refractivity contribution in [2.45, 2.75) is 12.6 Å². The molecule has 2 N–H and O–H groups in total. The first-order chi connectivity index (χ1) is 8.77. The molecule has 0 aliphatic heterocycles. The second-order valence-electron chi connectivity index (χ2n) is 3.86. The number of nitrogens with zero attached hydrogens (tertiary/aromatic N) is 1. The van der Waals surface area contributed by atoms with E-state index in [1.165, 1.54) is 0 Å². The van der Waals surface area contributed by atoms with E-state index < -0.39 is 12.0 Å². The Morgan fingerprint density at radius 3 is 2.56 bits per heavy atom. The summed E-state index contributed by atoms with van der Waals surface area (Å²) in [6.45, 7) is 0.392. The van der Waals surface area contributed by atoms with E-state index in [0.29, 0.717) is 12.2 Å². The zero-order chi connectivity index (χ0) is 12.8. The fourth-order valence-corrected chi connectivity index (χ4v) is 1.55. The fourth-order valence-electron chi connectivity index (χ4n) is 1.55. The SMILES string of the molecule is O=C(NCc1ccccc1)C(O)c1ccccn1. The van der Waals surface area contributed by atoms with Gasteiger partial charge in [-0.1, -0.05) is 36.4 Å². The molecule has 1 amide bonds. The molecule has 0 aliphatic rings. The maximum atomic E-state index is 11.7. The minimum Gasteiger partial charge on any atom is -0.377 e. The van der Waals surface area contributed by atoms with Crippen LogP contribution in [0.25, 0.3) is 0 Å². The summed E-state index contributed by atoms with van der Waals surface area (Å²) in [4.78, 5) is 15.7. The summed E-state index contributed by atoms with van der Waals surface area (Å²) in [5.74, 6) is -0.447. The summed E-state index contributed by atoms with van der Waals surface area (Å²) in [6, 6.07) is 14.6. The zero-order valence-corrected chi connectivity index (χ0v) is 9.78. The monoisotopic (exact) mass is 242 g/mol. The number of benzene rings is 1. The van der Waals surface area contributed by atoms with Crippen molar-refractivity contribution >= 4 is 5.91 Å². The molecule has 0 aliphatic carbocycles. The number of pyridine rings is 1. The van der Waals surface area contributed by atoms with Crippen molar-refractivity contribution in [1.29, 1.82) is 0 Å². The predicted molar refractivity (Wildman–Crippen MR) is 67.5 cm³/mol. The maximum Gasteiger partial charge on any atom is 0.255 e. The average molecular weight is 242 g/mol. The van der Waals surface area contributed by atoms with Crippen LogP contribution in [0.15, 0.2) is 54.7 Å². The van der Waals surface area contributed by atoms with Crippen molar-refractivity contribution in [3.05, 3.63) is 66.0 Å². The van der Waals surface area contributed by atoms with Gasteiger partial charge in [0.15, 0.2) is 6.10 Å². The highest BCUT2D eigenvalue weighted by Gasteiger charge is 2.17. The van der Waals surface area contributed by atoms with Gasteiger partial charge >= 0.3 is 0 Å². The van der Waals surface area contributed by atoms with Gasteiger partial charge in [-0.3, -0.25) is 9.78 Å². The van der Waals surface area contributed by atoms with E-state index in [4.69, 9.17) is 0 Å². The minimum absolute atomic E-state index is 0.350. The van der Waals surface area contributed by atoms with Crippen molar-refractivity contribution in [3.8, 4) is 0 Å². The van der Waals surface area contributed by atoms with Crippen LogP contribution in [-0.2, 0) is 11.3 Å². The third-order valence-electron chi connectivity index (χ3n) is 2.53. The molecule has 1 aromatic heterocycles. The molecule has 0 radical (unpaired) electrons. The van der Waals surface area contributed by atoms with Gasteiger partial charge in [0.1, 0.15) is 0 Å². The van der Waals surface area contributed by atoms with Crippen molar-refractivity contribution in [1.82, 2.24) is 10.3 Å². The molecule has 0 saturated carbocycles. The lowest BCUT2D eigenvalue weighted by Crippen LogP contribution is -2.29. The molecule has 1 atom stereocenters. The van der Waals surface area contributed by atoms with E-state index in [0.717, 1.165) is 5.56 Å². The molecule has 2 aromatic rings. The standard InChI is InChI=1S/C14H14N2O2/c17-13(12-8-4-5-9-15-12)14(18)16-10-11-6-2-1-3-7-11/h1-9,13,17H,10H2,(H,16,18). The van der Waals surface area contributed by atoms with Crippen LogP contribution in [0, 0.1) is 0 Å². The number of carbonyl (C=O) groups is 1. The average Bonchev–Trinajstić information content (AvgIpc) is 2.46. The normalized spacial score (nSPS) is 11.8. The van der Waals surface area contributed by atoms with Crippen LogP contribution in [-0.4, -0.2) is 16.0 Å². The second kappa shape index (κ2) is 5.93. The Morgan fingerprint density at radius 2 is 1.89 bits per heavy atom. The molecule has 1 unspecified atom stereocenters. The second-order valence-corrected chi connectivity index (χ2v) is 3.86. The Bertz CT molecular complexity index is 500. The highest BCUT2D eigenvalue weighted by atomic mass is 16.3. The molecule has 92 valence electrons. The van der Waals surface area contributed by atoms with Crippen molar-refractivity contribution in [2.24, 2.45) is 0 Å². The van der Waals surface area contributed by atoms with Gasteiger partial charge in [0, 0.05) is 12.7 Å². The van der Waals surface area contributed by atoms with Crippen molar-refractivity contribution in [3.63, 3.8) is 0 Å². The molecule has 0 bridgehead atoms. The van der Waals surface area contributed by atoms with Crippen LogP contribution >= 0.6 is 0 Å². The highest BCUT2D eigenvalue weighted by molar-refractivity contribution is 5.81. The van der Waals surface area contributed by atoms with E-state index in [1.54, 1.807) is 24.4 Å². The van der Waals surface area contributed by atoms with Crippen LogP contribution in [0.3, 0.4) is 0 Å². The molecule has 4 nitrogen and oxygen atoms in total.